The zero-order valence-corrected chi connectivity index (χ0v) is 12.9. The number of benzene rings is 2. The van der Waals surface area contributed by atoms with Crippen LogP contribution in [0.5, 0.6) is 0 Å². The van der Waals surface area contributed by atoms with Gasteiger partial charge in [0, 0.05) is 5.56 Å². The SMILES string of the molecule is Nc1onc(-c2ccccc2Cl)c1-c1ccc(Cl)c(Cl)c1. The molecule has 2 N–H and O–H groups in total. The molecule has 1 aromatic heterocycles. The smallest absolute Gasteiger partial charge is 0.230 e. The monoisotopic (exact) mass is 338 g/mol. The van der Waals surface area contributed by atoms with Gasteiger partial charge in [0.2, 0.25) is 5.88 Å². The first-order valence-corrected chi connectivity index (χ1v) is 7.17. The highest BCUT2D eigenvalue weighted by molar-refractivity contribution is 6.42. The average Bonchev–Trinajstić information content (AvgIpc) is 2.84. The summed E-state index contributed by atoms with van der Waals surface area (Å²) >= 11 is 18.2. The maximum Gasteiger partial charge on any atom is 0.230 e. The van der Waals surface area contributed by atoms with Crippen LogP contribution in [0.15, 0.2) is 47.0 Å². The third-order valence-corrected chi connectivity index (χ3v) is 4.12. The molecule has 21 heavy (non-hydrogen) atoms. The topological polar surface area (TPSA) is 52.0 Å². The Bertz CT molecular complexity index is 814. The third-order valence-electron chi connectivity index (χ3n) is 3.06. The van der Waals surface area contributed by atoms with Crippen molar-refractivity contribution in [2.75, 3.05) is 5.73 Å². The first kappa shape index (κ1) is 14.3. The molecule has 2 aromatic carbocycles. The first-order valence-electron chi connectivity index (χ1n) is 6.03. The molecule has 0 atom stereocenters. The van der Waals surface area contributed by atoms with Crippen LogP contribution in [0.3, 0.4) is 0 Å². The molecule has 0 aliphatic carbocycles. The Labute approximate surface area is 136 Å². The predicted molar refractivity (Wildman–Crippen MR) is 86.8 cm³/mol. The molecule has 0 amide bonds. The maximum absolute atomic E-state index is 6.21. The van der Waals surface area contributed by atoms with E-state index in [-0.39, 0.29) is 5.88 Å². The van der Waals surface area contributed by atoms with Gasteiger partial charge in [0.05, 0.1) is 20.6 Å². The average molecular weight is 340 g/mol. The predicted octanol–water partition coefficient (Wildman–Crippen LogP) is 5.55. The fourth-order valence-corrected chi connectivity index (χ4v) is 2.59. The summed E-state index contributed by atoms with van der Waals surface area (Å²) in [5, 5.41) is 5.47. The van der Waals surface area contributed by atoms with E-state index in [1.807, 2.05) is 18.2 Å². The Morgan fingerprint density at radius 3 is 2.38 bits per heavy atom. The molecule has 106 valence electrons. The number of aromatic nitrogens is 1. The van der Waals surface area contributed by atoms with Gasteiger partial charge < -0.3 is 10.3 Å². The van der Waals surface area contributed by atoms with Crippen molar-refractivity contribution in [1.82, 2.24) is 5.16 Å². The first-order chi connectivity index (χ1) is 10.1. The zero-order valence-electron chi connectivity index (χ0n) is 10.6. The number of halogens is 3. The molecule has 6 heteroatoms. The maximum atomic E-state index is 6.21. The van der Waals surface area contributed by atoms with Gasteiger partial charge in [-0.05, 0) is 23.8 Å². The summed E-state index contributed by atoms with van der Waals surface area (Å²) in [6.07, 6.45) is 0. The molecular formula is C15H9Cl3N2O. The summed E-state index contributed by atoms with van der Waals surface area (Å²) in [6.45, 7) is 0. The number of nitrogen functional groups attached to an aromatic ring is 1. The van der Waals surface area contributed by atoms with Crippen molar-refractivity contribution < 1.29 is 4.52 Å². The van der Waals surface area contributed by atoms with E-state index in [9.17, 15) is 0 Å². The highest BCUT2D eigenvalue weighted by Gasteiger charge is 2.19. The van der Waals surface area contributed by atoms with Crippen molar-refractivity contribution in [2.45, 2.75) is 0 Å². The molecule has 0 fully saturated rings. The number of nitrogens with zero attached hydrogens (tertiary/aromatic N) is 1. The van der Waals surface area contributed by atoms with E-state index in [4.69, 9.17) is 45.1 Å². The molecule has 0 saturated carbocycles. The molecule has 3 rings (SSSR count). The molecule has 3 aromatic rings. The van der Waals surface area contributed by atoms with Crippen molar-refractivity contribution >= 4 is 40.7 Å². The van der Waals surface area contributed by atoms with E-state index in [1.54, 1.807) is 24.3 Å². The van der Waals surface area contributed by atoms with Gasteiger partial charge in [-0.1, -0.05) is 64.2 Å². The van der Waals surface area contributed by atoms with E-state index >= 15 is 0 Å². The largest absolute Gasteiger partial charge is 0.367 e. The summed E-state index contributed by atoms with van der Waals surface area (Å²) in [6, 6.07) is 12.5. The lowest BCUT2D eigenvalue weighted by molar-refractivity contribution is 0.439. The lowest BCUT2D eigenvalue weighted by atomic mass is 10.0. The van der Waals surface area contributed by atoms with Crippen molar-refractivity contribution in [3.05, 3.63) is 57.5 Å². The van der Waals surface area contributed by atoms with E-state index in [0.717, 1.165) is 11.1 Å². The normalized spacial score (nSPS) is 10.8. The van der Waals surface area contributed by atoms with Crippen LogP contribution in [0.4, 0.5) is 5.88 Å². The summed E-state index contributed by atoms with van der Waals surface area (Å²) < 4.78 is 5.12. The number of nitrogens with two attached hydrogens (primary N) is 1. The van der Waals surface area contributed by atoms with E-state index < -0.39 is 0 Å². The Balaban J connectivity index is 2.22. The molecular weight excluding hydrogens is 331 g/mol. The lowest BCUT2D eigenvalue weighted by Crippen LogP contribution is -1.88. The number of anilines is 1. The highest BCUT2D eigenvalue weighted by Crippen LogP contribution is 2.40. The van der Waals surface area contributed by atoms with Crippen molar-refractivity contribution in [3.8, 4) is 22.4 Å². The molecule has 0 radical (unpaired) electrons. The molecule has 0 saturated heterocycles. The molecule has 1 heterocycles. The van der Waals surface area contributed by atoms with Crippen LogP contribution in [0.2, 0.25) is 15.1 Å². The van der Waals surface area contributed by atoms with Gasteiger partial charge in [-0.3, -0.25) is 0 Å². The van der Waals surface area contributed by atoms with Crippen molar-refractivity contribution in [2.24, 2.45) is 0 Å². The van der Waals surface area contributed by atoms with E-state index in [0.29, 0.717) is 26.3 Å². The molecule has 0 aliphatic heterocycles. The number of hydrogen-bond acceptors (Lipinski definition) is 3. The summed E-state index contributed by atoms with van der Waals surface area (Å²) in [4.78, 5) is 0. The van der Waals surface area contributed by atoms with Crippen LogP contribution < -0.4 is 5.73 Å². The summed E-state index contributed by atoms with van der Waals surface area (Å²) in [5.74, 6) is 0.198. The van der Waals surface area contributed by atoms with Gasteiger partial charge in [-0.15, -0.1) is 0 Å². The van der Waals surface area contributed by atoms with Crippen LogP contribution in [0.1, 0.15) is 0 Å². The van der Waals surface area contributed by atoms with Crippen LogP contribution in [-0.2, 0) is 0 Å². The summed E-state index contributed by atoms with van der Waals surface area (Å²) in [5.41, 5.74) is 8.61. The van der Waals surface area contributed by atoms with Crippen molar-refractivity contribution in [3.63, 3.8) is 0 Å². The minimum atomic E-state index is 0.198. The summed E-state index contributed by atoms with van der Waals surface area (Å²) in [7, 11) is 0. The second kappa shape index (κ2) is 5.60. The van der Waals surface area contributed by atoms with Gasteiger partial charge in [0.15, 0.2) is 0 Å². The quantitative estimate of drug-likeness (QED) is 0.666. The van der Waals surface area contributed by atoms with Crippen LogP contribution in [-0.4, -0.2) is 5.16 Å². The Morgan fingerprint density at radius 1 is 0.905 bits per heavy atom. The Morgan fingerprint density at radius 2 is 1.67 bits per heavy atom. The van der Waals surface area contributed by atoms with Crippen LogP contribution in [0, 0.1) is 0 Å². The number of hydrogen-bond donors (Lipinski definition) is 1. The van der Waals surface area contributed by atoms with Gasteiger partial charge in [-0.2, -0.15) is 0 Å². The third kappa shape index (κ3) is 2.60. The van der Waals surface area contributed by atoms with Crippen LogP contribution >= 0.6 is 34.8 Å². The minimum absolute atomic E-state index is 0.198. The lowest BCUT2D eigenvalue weighted by Gasteiger charge is -2.05. The second-order valence-corrected chi connectivity index (χ2v) is 5.60. The van der Waals surface area contributed by atoms with E-state index in [2.05, 4.69) is 5.16 Å². The highest BCUT2D eigenvalue weighted by atomic mass is 35.5. The second-order valence-electron chi connectivity index (χ2n) is 4.38. The molecule has 0 aliphatic rings. The zero-order chi connectivity index (χ0) is 15.0. The Kier molecular flexibility index (Phi) is 3.81. The van der Waals surface area contributed by atoms with Crippen molar-refractivity contribution in [1.29, 1.82) is 0 Å². The van der Waals surface area contributed by atoms with Gasteiger partial charge in [0.1, 0.15) is 5.69 Å². The molecule has 0 unspecified atom stereocenters. The fourth-order valence-electron chi connectivity index (χ4n) is 2.07. The van der Waals surface area contributed by atoms with Gasteiger partial charge in [-0.25, -0.2) is 0 Å². The van der Waals surface area contributed by atoms with Gasteiger partial charge in [0.25, 0.3) is 0 Å². The Hall–Kier alpha value is -1.68. The minimum Gasteiger partial charge on any atom is -0.367 e. The van der Waals surface area contributed by atoms with E-state index in [1.165, 1.54) is 0 Å². The standard InChI is InChI=1S/C15H9Cl3N2O/c16-10-4-2-1-3-9(10)14-13(15(19)21-20-14)8-5-6-11(17)12(18)7-8/h1-7H,19H2. The van der Waals surface area contributed by atoms with Crippen LogP contribution in [0.25, 0.3) is 22.4 Å². The molecule has 0 bridgehead atoms. The fraction of sp³-hybridized carbons (Fsp3) is 0. The van der Waals surface area contributed by atoms with Gasteiger partial charge >= 0.3 is 0 Å². The molecule has 0 spiro atoms. The number of rotatable bonds is 2. The molecule has 3 nitrogen and oxygen atoms in total.